The number of benzene rings is 11. The molecule has 2 heteroatoms. The Morgan fingerprint density at radius 1 is 0.321 bits per heavy atom. The van der Waals surface area contributed by atoms with E-state index in [4.69, 9.17) is 0 Å². The lowest BCUT2D eigenvalue weighted by Gasteiger charge is -2.47. The molecule has 2 atom stereocenters. The highest BCUT2D eigenvalue weighted by Gasteiger charge is 2.50. The van der Waals surface area contributed by atoms with Crippen molar-refractivity contribution in [3.63, 3.8) is 0 Å². The first kappa shape index (κ1) is 47.9. The van der Waals surface area contributed by atoms with Crippen LogP contribution in [0.5, 0.6) is 0 Å². The number of hydrogen-bond acceptors (Lipinski definition) is 0. The van der Waals surface area contributed by atoms with Gasteiger partial charge in [-0.2, -0.15) is 0 Å². The fourth-order valence-corrected chi connectivity index (χ4v) is 18.9. The largest absolute Gasteiger partial charge is 0.309 e. The predicted molar refractivity (Wildman–Crippen MR) is 333 cm³/mol. The average Bonchev–Trinajstić information content (AvgIpc) is 3.13. The fraction of sp³-hybridized carbons (Fsp3) is 0.132. The van der Waals surface area contributed by atoms with Gasteiger partial charge in [-0.05, 0) is 134 Å². The zero-order valence-electron chi connectivity index (χ0n) is 45.4. The molecule has 1 heterocycles. The van der Waals surface area contributed by atoms with Crippen molar-refractivity contribution in [1.29, 1.82) is 0 Å². The molecule has 12 aromatic rings. The van der Waals surface area contributed by atoms with Crippen LogP contribution in [0.15, 0.2) is 261 Å². The summed E-state index contributed by atoms with van der Waals surface area (Å²) in [6.45, 7) is 14.0. The Morgan fingerprint density at radius 3 is 1.31 bits per heavy atom. The molecule has 3 aliphatic carbocycles. The van der Waals surface area contributed by atoms with Gasteiger partial charge in [0.25, 0.3) is 0 Å². The predicted octanol–water partition coefficient (Wildman–Crippen LogP) is 16.7. The highest BCUT2D eigenvalue weighted by atomic mass is 28.3. The molecule has 0 amide bonds. The number of nitrogens with zero attached hydrogens (tertiary/aromatic N) is 1. The Bertz CT molecular complexity index is 4130. The molecular weight excluding hydrogens is 955 g/mol. The van der Waals surface area contributed by atoms with E-state index in [2.05, 4.69) is 307 Å². The zero-order chi connectivity index (χ0) is 52.9. The smallest absolute Gasteiger partial charge is 0.179 e. The second-order valence-electron chi connectivity index (χ2n) is 23.9. The van der Waals surface area contributed by atoms with Crippen molar-refractivity contribution in [2.24, 2.45) is 0 Å². The minimum Gasteiger partial charge on any atom is -0.309 e. The lowest BCUT2D eigenvalue weighted by atomic mass is 9.60. The van der Waals surface area contributed by atoms with Gasteiger partial charge in [0.1, 0.15) is 0 Å². The molecule has 0 aliphatic heterocycles. The highest BCUT2D eigenvalue weighted by molar-refractivity contribution is 7.20. The summed E-state index contributed by atoms with van der Waals surface area (Å²) in [5.41, 5.74) is 22.4. The number of para-hydroxylation sites is 1. The Labute approximate surface area is 461 Å². The Balaban J connectivity index is 1.06. The second kappa shape index (κ2) is 18.3. The van der Waals surface area contributed by atoms with Crippen molar-refractivity contribution in [1.82, 2.24) is 4.57 Å². The first-order chi connectivity index (χ1) is 38.0. The molecule has 0 saturated heterocycles. The summed E-state index contributed by atoms with van der Waals surface area (Å²) in [5.74, 6) is 0.0145. The maximum absolute atomic E-state index is 3.24. The maximum Gasteiger partial charge on any atom is 0.179 e. The maximum atomic E-state index is 2.57. The van der Waals surface area contributed by atoms with Crippen LogP contribution in [0.4, 0.5) is 0 Å². The quantitative estimate of drug-likeness (QED) is 0.106. The Kier molecular flexibility index (Phi) is 11.2. The molecule has 15 rings (SSSR count). The first-order valence-corrected chi connectivity index (χ1v) is 29.9. The van der Waals surface area contributed by atoms with Crippen LogP contribution in [-0.4, -0.2) is 12.6 Å². The summed E-state index contributed by atoms with van der Waals surface area (Å²) < 4.78 is 2.57. The van der Waals surface area contributed by atoms with Gasteiger partial charge in [-0.25, -0.2) is 0 Å². The van der Waals surface area contributed by atoms with E-state index in [-0.39, 0.29) is 22.7 Å². The molecule has 1 nitrogen and oxygen atoms in total. The molecule has 0 N–H and O–H groups in total. The SMILES string of the molecule is CC(C)(C)c1ccc2c(c1)c1cc(C(C)(C)C)ccc1n2-c1ccccc1-c1cccc2c1C1c3ccccc3C2c2cccc([Si](c3ccccc3)(c3cccc(-c4ccccc4)c3)c3cccc(-c4ccccc4)c3)c21. The van der Waals surface area contributed by atoms with Crippen LogP contribution in [0.25, 0.3) is 60.9 Å². The summed E-state index contributed by atoms with van der Waals surface area (Å²) >= 11 is 0. The normalized spacial score (nSPS) is 14.8. The van der Waals surface area contributed by atoms with Crippen molar-refractivity contribution in [2.75, 3.05) is 0 Å². The highest BCUT2D eigenvalue weighted by Crippen LogP contribution is 2.58. The Hall–Kier alpha value is -8.56. The summed E-state index contributed by atoms with van der Waals surface area (Å²) in [7, 11) is -3.24. The summed E-state index contributed by atoms with van der Waals surface area (Å²) in [5, 5.41) is 8.17. The van der Waals surface area contributed by atoms with Crippen molar-refractivity contribution in [2.45, 2.75) is 64.2 Å². The van der Waals surface area contributed by atoms with Gasteiger partial charge in [-0.15, -0.1) is 0 Å². The van der Waals surface area contributed by atoms with Crippen LogP contribution in [0.2, 0.25) is 0 Å². The van der Waals surface area contributed by atoms with Crippen molar-refractivity contribution in [3.8, 4) is 39.1 Å². The lowest BCUT2D eigenvalue weighted by Crippen LogP contribution is -2.75. The van der Waals surface area contributed by atoms with Crippen LogP contribution in [0, 0.1) is 0 Å². The van der Waals surface area contributed by atoms with Crippen LogP contribution >= 0.6 is 0 Å². The third-order valence-corrected chi connectivity index (χ3v) is 22.2. The van der Waals surface area contributed by atoms with Crippen molar-refractivity contribution in [3.05, 3.63) is 305 Å². The van der Waals surface area contributed by atoms with Crippen LogP contribution < -0.4 is 20.7 Å². The fourth-order valence-electron chi connectivity index (χ4n) is 13.8. The molecule has 0 spiro atoms. The minimum absolute atomic E-state index is 0.00630. The number of hydrogen-bond donors (Lipinski definition) is 0. The monoisotopic (exact) mass is 1020 g/mol. The van der Waals surface area contributed by atoms with Gasteiger partial charge >= 0.3 is 0 Å². The Morgan fingerprint density at radius 2 is 0.744 bits per heavy atom. The molecular formula is C76H63NSi. The summed E-state index contributed by atoms with van der Waals surface area (Å²) in [6, 6.07) is 100. The summed E-state index contributed by atoms with van der Waals surface area (Å²) in [4.78, 5) is 0. The van der Waals surface area contributed by atoms with E-state index >= 15 is 0 Å². The van der Waals surface area contributed by atoms with Gasteiger partial charge in [0.05, 0.1) is 16.7 Å². The third-order valence-electron chi connectivity index (χ3n) is 17.4. The molecule has 2 bridgehead atoms. The summed E-state index contributed by atoms with van der Waals surface area (Å²) in [6.07, 6.45) is 0. The van der Waals surface area contributed by atoms with E-state index in [9.17, 15) is 0 Å². The molecule has 3 aliphatic rings. The van der Waals surface area contributed by atoms with E-state index < -0.39 is 8.07 Å². The topological polar surface area (TPSA) is 4.93 Å². The first-order valence-electron chi connectivity index (χ1n) is 27.9. The molecule has 11 aromatic carbocycles. The van der Waals surface area contributed by atoms with Crippen LogP contribution in [-0.2, 0) is 10.8 Å². The lowest BCUT2D eigenvalue weighted by molar-refractivity contribution is 0.590. The van der Waals surface area contributed by atoms with Gasteiger partial charge in [0, 0.05) is 28.2 Å². The van der Waals surface area contributed by atoms with Gasteiger partial charge in [-0.3, -0.25) is 0 Å². The van der Waals surface area contributed by atoms with Crippen LogP contribution in [0.3, 0.4) is 0 Å². The standard InChI is InChI=1S/C76H63NSi/c1-75(2,3)54-42-44-68-65(48-54)66-49-55(76(4,5)6)43-45-69(66)77(68)67-40-19-18-34-59(67)60-37-22-38-63-71-61-35-16-17-36-62(61)74(72(60)63)73-64(71)39-23-41-70(73)78(56-30-14-9-15-31-56,57-32-20-28-52(46-57)50-24-10-7-11-25-50)58-33-21-29-53(47-58)51-26-12-8-13-27-51/h7-49,71,74H,1-6H3. The molecule has 0 fully saturated rings. The van der Waals surface area contributed by atoms with Crippen molar-refractivity contribution >= 4 is 50.6 Å². The van der Waals surface area contributed by atoms with E-state index in [1.54, 1.807) is 0 Å². The molecule has 0 radical (unpaired) electrons. The van der Waals surface area contributed by atoms with E-state index in [1.165, 1.54) is 126 Å². The molecule has 2 unspecified atom stereocenters. The van der Waals surface area contributed by atoms with Gasteiger partial charge < -0.3 is 4.57 Å². The number of rotatable bonds is 8. The van der Waals surface area contributed by atoms with E-state index in [1.807, 2.05) is 0 Å². The van der Waals surface area contributed by atoms with E-state index in [0.29, 0.717) is 0 Å². The molecule has 376 valence electrons. The van der Waals surface area contributed by atoms with Crippen LogP contribution in [0.1, 0.15) is 97.9 Å². The second-order valence-corrected chi connectivity index (χ2v) is 27.7. The number of aromatic nitrogens is 1. The molecule has 0 saturated carbocycles. The zero-order valence-corrected chi connectivity index (χ0v) is 46.4. The molecule has 1 aromatic heterocycles. The molecule has 78 heavy (non-hydrogen) atoms. The minimum atomic E-state index is -3.24. The number of fused-ring (bicyclic) bond motifs is 3. The van der Waals surface area contributed by atoms with E-state index in [0.717, 1.165) is 0 Å². The third kappa shape index (κ3) is 7.48. The van der Waals surface area contributed by atoms with Gasteiger partial charge in [-0.1, -0.05) is 272 Å². The van der Waals surface area contributed by atoms with Gasteiger partial charge in [0.15, 0.2) is 8.07 Å². The van der Waals surface area contributed by atoms with Crippen molar-refractivity contribution < 1.29 is 0 Å². The van der Waals surface area contributed by atoms with Gasteiger partial charge in [0.2, 0.25) is 0 Å². The average molecular weight is 1020 g/mol.